The second-order valence-electron chi connectivity index (χ2n) is 16.3. The Morgan fingerprint density at radius 1 is 0.865 bits per heavy atom. The van der Waals surface area contributed by atoms with Gasteiger partial charge < -0.3 is 29.9 Å². The van der Waals surface area contributed by atoms with Gasteiger partial charge in [-0.2, -0.15) is 0 Å². The molecule has 11 heteroatoms. The number of carbonyl (C=O) groups is 4. The lowest BCUT2D eigenvalue weighted by Gasteiger charge is -2.41. The fraction of sp³-hybridized carbons (Fsp3) is 0.756. The Hall–Kier alpha value is -3.02. The molecule has 0 aromatic carbocycles. The van der Waals surface area contributed by atoms with Crippen LogP contribution in [0, 0.1) is 35.5 Å². The molecule has 1 aliphatic heterocycles. The Labute approximate surface area is 314 Å². The number of likely N-dealkylation sites (N-methyl/N-ethyl adjacent to an activating group) is 3. The predicted octanol–water partition coefficient (Wildman–Crippen LogP) is 4.72. The summed E-state index contributed by atoms with van der Waals surface area (Å²) in [5, 5.41) is 14.1. The number of rotatable bonds is 19. The van der Waals surface area contributed by atoms with Gasteiger partial charge in [0.1, 0.15) is 6.04 Å². The maximum Gasteiger partial charge on any atom is 0.245 e. The molecule has 2 unspecified atom stereocenters. The number of hydrogen-bond acceptors (Lipinski definition) is 7. The van der Waals surface area contributed by atoms with Crippen LogP contribution in [0.4, 0.5) is 0 Å². The number of aliphatic hydroxyl groups is 1. The zero-order chi connectivity index (χ0) is 39.6. The van der Waals surface area contributed by atoms with E-state index in [1.807, 2.05) is 97.8 Å². The monoisotopic (exact) mass is 730 g/mol. The number of ether oxygens (including phenoxy) is 1. The van der Waals surface area contributed by atoms with Gasteiger partial charge in [-0.1, -0.05) is 92.2 Å². The van der Waals surface area contributed by atoms with Crippen molar-refractivity contribution in [1.29, 1.82) is 0 Å². The van der Waals surface area contributed by atoms with Crippen LogP contribution in [0.3, 0.4) is 0 Å². The van der Waals surface area contributed by atoms with Gasteiger partial charge in [-0.3, -0.25) is 24.1 Å². The van der Waals surface area contributed by atoms with Crippen molar-refractivity contribution < 1.29 is 29.0 Å². The highest BCUT2D eigenvalue weighted by Gasteiger charge is 2.42. The molecule has 11 atom stereocenters. The molecule has 0 spiro atoms. The van der Waals surface area contributed by atoms with Crippen molar-refractivity contribution in [3.63, 3.8) is 0 Å². The summed E-state index contributed by atoms with van der Waals surface area (Å²) in [4.78, 5) is 62.4. The SMILES string of the molecule is CC[C@H](C)[C@@H](C(C)CC(=O)N1C=CC[C@H]1[C@H](OC)[C@@H](C)C(=O)N(C)[C@H](C)C(O)[C@@H]1C=CC=CC1)N(C)C(=O)[C@@H](NC(=O)[C@H](C(C)C)N(C)C)C(C)C. The molecule has 4 amide bonds. The molecule has 1 aliphatic carbocycles. The van der Waals surface area contributed by atoms with Crippen LogP contribution in [0.1, 0.15) is 88.0 Å². The van der Waals surface area contributed by atoms with Crippen molar-refractivity contribution in [1.82, 2.24) is 24.9 Å². The molecular weight excluding hydrogens is 658 g/mol. The minimum Gasteiger partial charge on any atom is -0.390 e. The zero-order valence-corrected chi connectivity index (χ0v) is 34.6. The second-order valence-corrected chi connectivity index (χ2v) is 16.3. The quantitative estimate of drug-likeness (QED) is 0.197. The van der Waals surface area contributed by atoms with Crippen LogP contribution >= 0.6 is 0 Å². The molecule has 2 aliphatic rings. The van der Waals surface area contributed by atoms with Crippen LogP contribution < -0.4 is 5.32 Å². The van der Waals surface area contributed by atoms with Crippen molar-refractivity contribution >= 4 is 23.6 Å². The van der Waals surface area contributed by atoms with Gasteiger partial charge in [0.25, 0.3) is 0 Å². The van der Waals surface area contributed by atoms with Gasteiger partial charge in [-0.15, -0.1) is 0 Å². The molecule has 0 saturated carbocycles. The van der Waals surface area contributed by atoms with Crippen LogP contribution in [-0.4, -0.2) is 126 Å². The number of allylic oxidation sites excluding steroid dienone is 3. The largest absolute Gasteiger partial charge is 0.390 e. The highest BCUT2D eigenvalue weighted by atomic mass is 16.5. The van der Waals surface area contributed by atoms with Gasteiger partial charge >= 0.3 is 0 Å². The molecule has 2 rings (SSSR count). The smallest absolute Gasteiger partial charge is 0.245 e. The molecule has 0 bridgehead atoms. The highest BCUT2D eigenvalue weighted by molar-refractivity contribution is 5.90. The molecule has 11 nitrogen and oxygen atoms in total. The minimum atomic E-state index is -0.721. The fourth-order valence-electron chi connectivity index (χ4n) is 8.21. The Bertz CT molecular complexity index is 1270. The summed E-state index contributed by atoms with van der Waals surface area (Å²) < 4.78 is 5.95. The number of carbonyl (C=O) groups excluding carboxylic acids is 4. The van der Waals surface area contributed by atoms with E-state index < -0.39 is 30.2 Å². The molecule has 0 aromatic heterocycles. The molecule has 0 fully saturated rings. The number of nitrogens with one attached hydrogen (secondary N) is 1. The van der Waals surface area contributed by atoms with E-state index in [2.05, 4.69) is 19.2 Å². The average molecular weight is 730 g/mol. The van der Waals surface area contributed by atoms with Gasteiger partial charge in [0.2, 0.25) is 23.6 Å². The number of aliphatic hydroxyl groups excluding tert-OH is 1. The van der Waals surface area contributed by atoms with E-state index in [-0.39, 0.29) is 77.8 Å². The first kappa shape index (κ1) is 45.1. The topological polar surface area (TPSA) is 123 Å². The van der Waals surface area contributed by atoms with Crippen LogP contribution in [-0.2, 0) is 23.9 Å². The normalized spacial score (nSPS) is 22.5. The van der Waals surface area contributed by atoms with Crippen molar-refractivity contribution in [2.75, 3.05) is 35.3 Å². The third kappa shape index (κ3) is 11.0. The van der Waals surface area contributed by atoms with Crippen molar-refractivity contribution in [2.24, 2.45) is 35.5 Å². The van der Waals surface area contributed by atoms with Crippen molar-refractivity contribution in [3.05, 3.63) is 36.6 Å². The molecule has 2 N–H and O–H groups in total. The number of hydrogen-bond donors (Lipinski definition) is 2. The van der Waals surface area contributed by atoms with Gasteiger partial charge in [-0.05, 0) is 57.5 Å². The van der Waals surface area contributed by atoms with Gasteiger partial charge in [-0.25, -0.2) is 0 Å². The summed E-state index contributed by atoms with van der Waals surface area (Å²) in [6.07, 6.45) is 12.6. The summed E-state index contributed by atoms with van der Waals surface area (Å²) in [5.41, 5.74) is 0. The van der Waals surface area contributed by atoms with E-state index in [1.165, 1.54) is 0 Å². The van der Waals surface area contributed by atoms with E-state index in [4.69, 9.17) is 4.74 Å². The van der Waals surface area contributed by atoms with Crippen LogP contribution in [0.5, 0.6) is 0 Å². The second kappa shape index (κ2) is 20.4. The van der Waals surface area contributed by atoms with E-state index >= 15 is 0 Å². The predicted molar refractivity (Wildman–Crippen MR) is 208 cm³/mol. The highest BCUT2D eigenvalue weighted by Crippen LogP contribution is 2.31. The van der Waals surface area contributed by atoms with Crippen LogP contribution in [0.15, 0.2) is 36.6 Å². The number of amides is 4. The molecule has 296 valence electrons. The Morgan fingerprint density at radius 3 is 2.00 bits per heavy atom. The van der Waals surface area contributed by atoms with Gasteiger partial charge in [0, 0.05) is 45.8 Å². The minimum absolute atomic E-state index is 0.0657. The Kier molecular flexibility index (Phi) is 17.7. The lowest BCUT2D eigenvalue weighted by atomic mass is 9.84. The average Bonchev–Trinajstić information content (AvgIpc) is 3.58. The first-order valence-electron chi connectivity index (χ1n) is 19.3. The Balaban J connectivity index is 2.23. The van der Waals surface area contributed by atoms with E-state index in [1.54, 1.807) is 42.1 Å². The molecule has 0 aromatic rings. The molecule has 52 heavy (non-hydrogen) atoms. The first-order chi connectivity index (χ1) is 24.3. The summed E-state index contributed by atoms with van der Waals surface area (Å²) >= 11 is 0. The summed E-state index contributed by atoms with van der Waals surface area (Å²) in [5.74, 6) is -1.42. The standard InChI is InChI=1S/C41H71N5O6/c1-15-27(6)36(45(13)41(51)34(25(2)3)42-39(49)35(26(4)5)43(10)11)28(7)24-33(47)46-23-19-22-32(46)38(52-14)29(8)40(50)44(12)30(9)37(48)31-20-17-16-18-21-31/h16-20,23,25-32,34-38,48H,15,21-22,24H2,1-14H3,(H,42,49)/t27-,28?,29+,30+,31+,32-,34-,35-,36-,37?,38+/m0/s1. The third-order valence-corrected chi connectivity index (χ3v) is 11.5. The van der Waals surface area contributed by atoms with E-state index in [0.717, 1.165) is 12.8 Å². The molecule has 0 radical (unpaired) electrons. The number of methoxy groups -OCH3 is 1. The van der Waals surface area contributed by atoms with Crippen LogP contribution in [0.25, 0.3) is 0 Å². The zero-order valence-electron chi connectivity index (χ0n) is 34.6. The van der Waals surface area contributed by atoms with Gasteiger partial charge in [0.05, 0.1) is 36.3 Å². The third-order valence-electron chi connectivity index (χ3n) is 11.5. The molecule has 1 heterocycles. The van der Waals surface area contributed by atoms with Crippen molar-refractivity contribution in [3.8, 4) is 0 Å². The lowest BCUT2D eigenvalue weighted by Crippen LogP contribution is -2.58. The van der Waals surface area contributed by atoms with Crippen molar-refractivity contribution in [2.45, 2.75) is 130 Å². The fourth-order valence-corrected chi connectivity index (χ4v) is 8.21. The van der Waals surface area contributed by atoms with E-state index in [0.29, 0.717) is 6.42 Å². The lowest BCUT2D eigenvalue weighted by molar-refractivity contribution is -0.147. The summed E-state index contributed by atoms with van der Waals surface area (Å²) in [7, 11) is 8.81. The van der Waals surface area contributed by atoms with Crippen LogP contribution in [0.2, 0.25) is 0 Å². The molecule has 0 saturated heterocycles. The number of nitrogens with zero attached hydrogens (tertiary/aromatic N) is 4. The summed E-state index contributed by atoms with van der Waals surface area (Å²) in [6, 6.07) is -2.13. The Morgan fingerprint density at radius 2 is 1.50 bits per heavy atom. The summed E-state index contributed by atoms with van der Waals surface area (Å²) in [6.45, 7) is 17.7. The first-order valence-corrected chi connectivity index (χ1v) is 19.3. The molecular formula is C41H71N5O6. The van der Waals surface area contributed by atoms with E-state index in [9.17, 15) is 24.3 Å². The maximum absolute atomic E-state index is 14.2. The van der Waals surface area contributed by atoms with Gasteiger partial charge in [0.15, 0.2) is 0 Å². The maximum atomic E-state index is 14.2.